The van der Waals surface area contributed by atoms with E-state index in [0.29, 0.717) is 6.54 Å². The summed E-state index contributed by atoms with van der Waals surface area (Å²) in [4.78, 5) is 14.2. The van der Waals surface area contributed by atoms with E-state index in [0.717, 1.165) is 12.8 Å². The smallest absolute Gasteiger partial charge is 0.318 e. The van der Waals surface area contributed by atoms with E-state index < -0.39 is 5.82 Å². The number of nitrogens with one attached hydrogen (secondary N) is 1. The minimum Gasteiger partial charge on any atom is -0.488 e. The number of carbonyl (C=O) groups excluding carboxylic acids is 1. The van der Waals surface area contributed by atoms with Gasteiger partial charge in [0.2, 0.25) is 0 Å². The van der Waals surface area contributed by atoms with E-state index in [-0.39, 0.29) is 42.5 Å². The van der Waals surface area contributed by atoms with Crippen LogP contribution >= 0.6 is 0 Å². The van der Waals surface area contributed by atoms with Gasteiger partial charge in [0, 0.05) is 6.54 Å². The first-order valence-electron chi connectivity index (χ1n) is 8.38. The molecular formula is C18H27FN2O3. The SMILES string of the molecule is CC(C)(C)C(COc1ccccc1F)NC(=O)N1CCC[C@H]1CO. The van der Waals surface area contributed by atoms with Crippen molar-refractivity contribution < 1.29 is 19.0 Å². The number of rotatable bonds is 5. The zero-order chi connectivity index (χ0) is 17.7. The summed E-state index contributed by atoms with van der Waals surface area (Å²) in [7, 11) is 0. The first kappa shape index (κ1) is 18.5. The van der Waals surface area contributed by atoms with Crippen LogP contribution in [0.25, 0.3) is 0 Å². The molecule has 2 rings (SSSR count). The molecule has 0 bridgehead atoms. The number of amides is 2. The van der Waals surface area contributed by atoms with Crippen molar-refractivity contribution in [2.45, 2.75) is 45.7 Å². The van der Waals surface area contributed by atoms with Crippen molar-refractivity contribution in [1.82, 2.24) is 10.2 Å². The van der Waals surface area contributed by atoms with Crippen LogP contribution in [0, 0.1) is 11.2 Å². The van der Waals surface area contributed by atoms with Gasteiger partial charge in [0.05, 0.1) is 18.7 Å². The van der Waals surface area contributed by atoms with Crippen molar-refractivity contribution in [1.29, 1.82) is 0 Å². The van der Waals surface area contributed by atoms with Crippen LogP contribution in [0.1, 0.15) is 33.6 Å². The lowest BCUT2D eigenvalue weighted by atomic mass is 9.87. The van der Waals surface area contributed by atoms with Crippen LogP contribution in [0.3, 0.4) is 0 Å². The zero-order valence-electron chi connectivity index (χ0n) is 14.6. The molecule has 6 heteroatoms. The van der Waals surface area contributed by atoms with Gasteiger partial charge < -0.3 is 20.1 Å². The molecule has 5 nitrogen and oxygen atoms in total. The lowest BCUT2D eigenvalue weighted by molar-refractivity contribution is 0.132. The summed E-state index contributed by atoms with van der Waals surface area (Å²) in [6.07, 6.45) is 1.71. The van der Waals surface area contributed by atoms with Crippen molar-refractivity contribution in [3.8, 4) is 5.75 Å². The van der Waals surface area contributed by atoms with Crippen LogP contribution in [0.4, 0.5) is 9.18 Å². The average Bonchev–Trinajstić information content (AvgIpc) is 3.00. The molecule has 2 N–H and O–H groups in total. The number of para-hydroxylation sites is 1. The Morgan fingerprint density at radius 3 is 2.79 bits per heavy atom. The first-order valence-corrected chi connectivity index (χ1v) is 8.38. The van der Waals surface area contributed by atoms with Gasteiger partial charge in [0.15, 0.2) is 11.6 Å². The van der Waals surface area contributed by atoms with Gasteiger partial charge >= 0.3 is 6.03 Å². The van der Waals surface area contributed by atoms with Gasteiger partial charge in [-0.05, 0) is 30.4 Å². The highest BCUT2D eigenvalue weighted by atomic mass is 19.1. The highest BCUT2D eigenvalue weighted by Crippen LogP contribution is 2.23. The molecule has 2 atom stereocenters. The van der Waals surface area contributed by atoms with E-state index in [1.165, 1.54) is 6.07 Å². The normalized spacial score (nSPS) is 19.2. The summed E-state index contributed by atoms with van der Waals surface area (Å²) in [5.41, 5.74) is -0.255. The number of benzene rings is 1. The quantitative estimate of drug-likeness (QED) is 0.868. The van der Waals surface area contributed by atoms with Gasteiger partial charge in [-0.1, -0.05) is 32.9 Å². The summed E-state index contributed by atoms with van der Waals surface area (Å²) < 4.78 is 19.3. The Bertz CT molecular complexity index is 559. The van der Waals surface area contributed by atoms with Gasteiger partial charge in [-0.25, -0.2) is 9.18 Å². The molecular weight excluding hydrogens is 311 g/mol. The fourth-order valence-electron chi connectivity index (χ4n) is 2.77. The second kappa shape index (κ2) is 7.83. The number of hydrogen-bond acceptors (Lipinski definition) is 3. The van der Waals surface area contributed by atoms with Gasteiger partial charge in [-0.2, -0.15) is 0 Å². The van der Waals surface area contributed by atoms with E-state index in [9.17, 15) is 14.3 Å². The fourth-order valence-corrected chi connectivity index (χ4v) is 2.77. The second-order valence-corrected chi connectivity index (χ2v) is 7.28. The number of ether oxygens (including phenoxy) is 1. The number of hydrogen-bond donors (Lipinski definition) is 2. The van der Waals surface area contributed by atoms with Gasteiger partial charge in [0.25, 0.3) is 0 Å². The van der Waals surface area contributed by atoms with Gasteiger partial charge in [-0.15, -0.1) is 0 Å². The average molecular weight is 338 g/mol. The topological polar surface area (TPSA) is 61.8 Å². The largest absolute Gasteiger partial charge is 0.488 e. The number of aliphatic hydroxyl groups is 1. The van der Waals surface area contributed by atoms with Crippen molar-refractivity contribution in [3.05, 3.63) is 30.1 Å². The molecule has 1 fully saturated rings. The molecule has 2 amide bonds. The molecule has 24 heavy (non-hydrogen) atoms. The highest BCUT2D eigenvalue weighted by molar-refractivity contribution is 5.75. The Morgan fingerprint density at radius 1 is 1.46 bits per heavy atom. The lowest BCUT2D eigenvalue weighted by Gasteiger charge is -2.34. The summed E-state index contributed by atoms with van der Waals surface area (Å²) in [6.45, 7) is 6.78. The third kappa shape index (κ3) is 4.60. The Balaban J connectivity index is 2.01. The molecule has 0 radical (unpaired) electrons. The first-order chi connectivity index (χ1) is 11.3. The molecule has 1 heterocycles. The molecule has 1 saturated heterocycles. The fraction of sp³-hybridized carbons (Fsp3) is 0.611. The maximum Gasteiger partial charge on any atom is 0.318 e. The monoisotopic (exact) mass is 338 g/mol. The number of halogens is 1. The standard InChI is InChI=1S/C18H27FN2O3/c1-18(2,3)16(12-24-15-9-5-4-8-14(15)19)20-17(23)21-10-6-7-13(21)11-22/h4-5,8-9,13,16,22H,6-7,10-12H2,1-3H3,(H,20,23)/t13-,16?/m0/s1. The highest BCUT2D eigenvalue weighted by Gasteiger charge is 2.33. The summed E-state index contributed by atoms with van der Waals surface area (Å²) in [5.74, 6) is -0.244. The van der Waals surface area contributed by atoms with E-state index in [1.54, 1.807) is 23.1 Å². The van der Waals surface area contributed by atoms with Crippen LogP contribution in [-0.4, -0.2) is 47.9 Å². The minimum atomic E-state index is -0.420. The van der Waals surface area contributed by atoms with E-state index in [4.69, 9.17) is 4.74 Å². The molecule has 1 aromatic carbocycles. The molecule has 1 aliphatic heterocycles. The van der Waals surface area contributed by atoms with Gasteiger partial charge in [0.1, 0.15) is 6.61 Å². The maximum atomic E-state index is 13.7. The van der Waals surface area contributed by atoms with E-state index in [1.807, 2.05) is 20.8 Å². The third-order valence-corrected chi connectivity index (χ3v) is 4.43. The maximum absolute atomic E-state index is 13.7. The molecule has 1 unspecified atom stereocenters. The van der Waals surface area contributed by atoms with Crippen LogP contribution < -0.4 is 10.1 Å². The molecule has 0 aliphatic carbocycles. The van der Waals surface area contributed by atoms with Crippen molar-refractivity contribution in [2.24, 2.45) is 5.41 Å². The van der Waals surface area contributed by atoms with Gasteiger partial charge in [-0.3, -0.25) is 0 Å². The van der Waals surface area contributed by atoms with E-state index in [2.05, 4.69) is 5.32 Å². The Hall–Kier alpha value is -1.82. The second-order valence-electron chi connectivity index (χ2n) is 7.28. The van der Waals surface area contributed by atoms with Crippen LogP contribution in [0.15, 0.2) is 24.3 Å². The number of nitrogens with zero attached hydrogens (tertiary/aromatic N) is 1. The molecule has 1 aliphatic rings. The van der Waals surface area contributed by atoms with Crippen molar-refractivity contribution in [2.75, 3.05) is 19.8 Å². The van der Waals surface area contributed by atoms with E-state index >= 15 is 0 Å². The zero-order valence-corrected chi connectivity index (χ0v) is 14.6. The van der Waals surface area contributed by atoms with Crippen LogP contribution in [0.2, 0.25) is 0 Å². The predicted octanol–water partition coefficient (Wildman–Crippen LogP) is 2.79. The number of aliphatic hydroxyl groups excluding tert-OH is 1. The Morgan fingerprint density at radius 2 is 2.17 bits per heavy atom. The molecule has 0 saturated carbocycles. The van der Waals surface area contributed by atoms with Crippen LogP contribution in [0.5, 0.6) is 5.75 Å². The lowest BCUT2D eigenvalue weighted by Crippen LogP contribution is -2.53. The Labute approximate surface area is 142 Å². The summed E-state index contributed by atoms with van der Waals surface area (Å²) in [5, 5.41) is 12.4. The molecule has 134 valence electrons. The predicted molar refractivity (Wildman–Crippen MR) is 90.5 cm³/mol. The summed E-state index contributed by atoms with van der Waals surface area (Å²) in [6, 6.07) is 5.61. The molecule has 0 spiro atoms. The Kier molecular flexibility index (Phi) is 6.04. The molecule has 0 aromatic heterocycles. The van der Waals surface area contributed by atoms with Crippen LogP contribution in [-0.2, 0) is 0 Å². The molecule has 1 aromatic rings. The number of carbonyl (C=O) groups is 1. The number of urea groups is 1. The third-order valence-electron chi connectivity index (χ3n) is 4.43. The van der Waals surface area contributed by atoms with Crippen molar-refractivity contribution >= 4 is 6.03 Å². The minimum absolute atomic E-state index is 0.0284. The number of likely N-dealkylation sites (tertiary alicyclic amines) is 1. The van der Waals surface area contributed by atoms with Crippen molar-refractivity contribution in [3.63, 3.8) is 0 Å². The summed E-state index contributed by atoms with van der Waals surface area (Å²) >= 11 is 0.